The van der Waals surface area contributed by atoms with Crippen LogP contribution in [-0.2, 0) is 10.8 Å². The van der Waals surface area contributed by atoms with Crippen molar-refractivity contribution in [2.45, 2.75) is 52.4 Å². The summed E-state index contributed by atoms with van der Waals surface area (Å²) in [6, 6.07) is 27.1. The van der Waals surface area contributed by atoms with Crippen LogP contribution in [-0.4, -0.2) is 16.2 Å². The average Bonchev–Trinajstić information content (AvgIpc) is 3.00. The van der Waals surface area contributed by atoms with Gasteiger partial charge in [0.2, 0.25) is 0 Å². The molecule has 2 heterocycles. The SMILES string of the molecule is COc1ccc(-c2ccc3cc(C(C)(C)C)n(-c4ccccc4F)c(=O)c3c2)cc1-n1c(C(C)(C)C)cc2cccc(Cl)c2c1=O. The molecule has 5 nitrogen and oxygen atoms in total. The summed E-state index contributed by atoms with van der Waals surface area (Å²) in [6.07, 6.45) is 0. The van der Waals surface area contributed by atoms with Gasteiger partial charge < -0.3 is 4.74 Å². The van der Waals surface area contributed by atoms with Crippen LogP contribution in [0, 0.1) is 5.82 Å². The van der Waals surface area contributed by atoms with Gasteiger partial charge in [0.15, 0.2) is 0 Å². The molecule has 6 aromatic rings. The number of pyridine rings is 2. The zero-order chi connectivity index (χ0) is 33.1. The number of ether oxygens (including phenoxy) is 1. The topological polar surface area (TPSA) is 53.2 Å². The van der Waals surface area contributed by atoms with Crippen LogP contribution in [0.4, 0.5) is 4.39 Å². The van der Waals surface area contributed by atoms with Crippen molar-refractivity contribution in [2.24, 2.45) is 0 Å². The number of hydrogen-bond donors (Lipinski definition) is 0. The lowest BCUT2D eigenvalue weighted by Gasteiger charge is -2.26. The summed E-state index contributed by atoms with van der Waals surface area (Å²) in [5.74, 6) is 0.0428. The smallest absolute Gasteiger partial charge is 0.264 e. The molecule has 0 aliphatic carbocycles. The highest BCUT2D eigenvalue weighted by Crippen LogP contribution is 2.36. The van der Waals surface area contributed by atoms with Crippen molar-refractivity contribution in [1.29, 1.82) is 0 Å². The minimum atomic E-state index is -0.471. The van der Waals surface area contributed by atoms with E-state index >= 15 is 4.39 Å². The largest absolute Gasteiger partial charge is 0.495 e. The minimum Gasteiger partial charge on any atom is -0.495 e. The summed E-state index contributed by atoms with van der Waals surface area (Å²) in [5.41, 5.74) is 2.43. The molecule has 0 saturated carbocycles. The van der Waals surface area contributed by atoms with Gasteiger partial charge in [-0.2, -0.15) is 0 Å². The molecule has 0 aliphatic rings. The first-order chi connectivity index (χ1) is 21.7. The van der Waals surface area contributed by atoms with Gasteiger partial charge in [-0.3, -0.25) is 18.7 Å². The van der Waals surface area contributed by atoms with E-state index in [-0.39, 0.29) is 16.8 Å². The molecule has 7 heteroatoms. The van der Waals surface area contributed by atoms with Crippen molar-refractivity contribution in [3.8, 4) is 28.3 Å². The molecule has 0 spiro atoms. The third kappa shape index (κ3) is 5.31. The summed E-state index contributed by atoms with van der Waals surface area (Å²) in [6.45, 7) is 12.2. The van der Waals surface area contributed by atoms with Crippen molar-refractivity contribution >= 4 is 33.1 Å². The van der Waals surface area contributed by atoms with Crippen molar-refractivity contribution in [3.05, 3.63) is 134 Å². The zero-order valence-electron chi connectivity index (χ0n) is 27.0. The number of methoxy groups -OCH3 is 1. The Balaban J connectivity index is 1.62. The predicted octanol–water partition coefficient (Wildman–Crippen LogP) is 9.36. The molecule has 0 fully saturated rings. The molecule has 0 amide bonds. The Bertz CT molecular complexity index is 2290. The first-order valence-corrected chi connectivity index (χ1v) is 15.6. The molecule has 0 atom stereocenters. The van der Waals surface area contributed by atoms with Crippen LogP contribution in [0.25, 0.3) is 44.0 Å². The Morgan fingerprint density at radius 1 is 0.652 bits per heavy atom. The molecule has 4 aromatic carbocycles. The first kappa shape index (κ1) is 31.3. The average molecular weight is 635 g/mol. The normalized spacial score (nSPS) is 12.2. The number of para-hydroxylation sites is 1. The molecule has 0 radical (unpaired) electrons. The minimum absolute atomic E-state index is 0.209. The Morgan fingerprint density at radius 3 is 1.91 bits per heavy atom. The first-order valence-electron chi connectivity index (χ1n) is 15.2. The molecule has 2 aromatic heterocycles. The van der Waals surface area contributed by atoms with E-state index in [0.717, 1.165) is 27.6 Å². The van der Waals surface area contributed by atoms with Crippen LogP contribution in [0.2, 0.25) is 5.02 Å². The summed E-state index contributed by atoms with van der Waals surface area (Å²) >= 11 is 6.57. The van der Waals surface area contributed by atoms with E-state index in [2.05, 4.69) is 20.8 Å². The van der Waals surface area contributed by atoms with E-state index < -0.39 is 16.6 Å². The number of halogens is 2. The zero-order valence-corrected chi connectivity index (χ0v) is 27.8. The van der Waals surface area contributed by atoms with E-state index in [1.165, 1.54) is 10.6 Å². The summed E-state index contributed by atoms with van der Waals surface area (Å²) in [7, 11) is 1.57. The fraction of sp³-hybridized carbons (Fsp3) is 0.231. The molecule has 46 heavy (non-hydrogen) atoms. The molecule has 0 unspecified atom stereocenters. The summed E-state index contributed by atoms with van der Waals surface area (Å²) in [5, 5.41) is 2.79. The lowest BCUT2D eigenvalue weighted by Crippen LogP contribution is -2.29. The van der Waals surface area contributed by atoms with Gasteiger partial charge in [-0.15, -0.1) is 0 Å². The van der Waals surface area contributed by atoms with Gasteiger partial charge in [0.25, 0.3) is 11.1 Å². The number of nitrogens with zero attached hydrogens (tertiary/aromatic N) is 2. The van der Waals surface area contributed by atoms with Gasteiger partial charge in [0, 0.05) is 27.6 Å². The van der Waals surface area contributed by atoms with Crippen LogP contribution in [0.15, 0.2) is 101 Å². The Labute approximate surface area is 272 Å². The number of rotatable bonds is 4. The van der Waals surface area contributed by atoms with Gasteiger partial charge >= 0.3 is 0 Å². The van der Waals surface area contributed by atoms with Crippen molar-refractivity contribution in [3.63, 3.8) is 0 Å². The third-order valence-electron chi connectivity index (χ3n) is 8.40. The van der Waals surface area contributed by atoms with Crippen molar-refractivity contribution in [1.82, 2.24) is 9.13 Å². The molecule has 0 saturated heterocycles. The van der Waals surface area contributed by atoms with E-state index in [1.807, 2.05) is 81.4 Å². The molecule has 0 bridgehead atoms. The van der Waals surface area contributed by atoms with Crippen molar-refractivity contribution in [2.75, 3.05) is 7.11 Å². The van der Waals surface area contributed by atoms with Crippen LogP contribution < -0.4 is 15.9 Å². The maximum atomic E-state index is 15.1. The van der Waals surface area contributed by atoms with Gasteiger partial charge in [-0.25, -0.2) is 4.39 Å². The fourth-order valence-electron chi connectivity index (χ4n) is 6.07. The highest BCUT2D eigenvalue weighted by atomic mass is 35.5. The van der Waals surface area contributed by atoms with Crippen LogP contribution in [0.5, 0.6) is 5.75 Å². The van der Waals surface area contributed by atoms with E-state index in [9.17, 15) is 9.59 Å². The maximum absolute atomic E-state index is 15.1. The standard InChI is InChI=1S/C39H36ClFN2O3/c1-38(2,3)33-21-25-16-15-23(19-27(25)36(44)42(33)30-14-9-8-13-29(30)41)24-17-18-32(46-7)31(20-24)43-34(39(4,5)6)22-26-11-10-12-28(40)35(26)37(43)45/h8-22H,1-7H3. The Morgan fingerprint density at radius 2 is 1.26 bits per heavy atom. The van der Waals surface area contributed by atoms with Crippen LogP contribution >= 0.6 is 11.6 Å². The molecule has 0 aliphatic heterocycles. The Kier molecular flexibility index (Phi) is 7.68. The van der Waals surface area contributed by atoms with Gasteiger partial charge in [-0.1, -0.05) is 95.6 Å². The highest BCUT2D eigenvalue weighted by Gasteiger charge is 2.26. The summed E-state index contributed by atoms with van der Waals surface area (Å²) < 4.78 is 24.1. The van der Waals surface area contributed by atoms with E-state index in [4.69, 9.17) is 16.3 Å². The highest BCUT2D eigenvalue weighted by molar-refractivity contribution is 6.35. The molecule has 6 rings (SSSR count). The fourth-order valence-corrected chi connectivity index (χ4v) is 6.33. The molecule has 0 N–H and O–H groups in total. The van der Waals surface area contributed by atoms with E-state index in [0.29, 0.717) is 32.9 Å². The van der Waals surface area contributed by atoms with Crippen LogP contribution in [0.1, 0.15) is 52.9 Å². The van der Waals surface area contributed by atoms with Gasteiger partial charge in [0.05, 0.1) is 28.9 Å². The lowest BCUT2D eigenvalue weighted by molar-refractivity contribution is 0.411. The number of fused-ring (bicyclic) bond motifs is 2. The number of hydrogen-bond acceptors (Lipinski definition) is 3. The van der Waals surface area contributed by atoms with Gasteiger partial charge in [-0.05, 0) is 70.4 Å². The number of aromatic nitrogens is 2. The Hall–Kier alpha value is -4.68. The quantitative estimate of drug-likeness (QED) is 0.194. The second-order valence-electron chi connectivity index (χ2n) is 13.7. The molecular weight excluding hydrogens is 599 g/mol. The third-order valence-corrected chi connectivity index (χ3v) is 8.71. The maximum Gasteiger partial charge on any atom is 0.264 e. The number of benzene rings is 4. The molecular formula is C39H36ClFN2O3. The van der Waals surface area contributed by atoms with E-state index in [1.54, 1.807) is 35.9 Å². The monoisotopic (exact) mass is 634 g/mol. The van der Waals surface area contributed by atoms with Crippen molar-refractivity contribution < 1.29 is 9.13 Å². The second kappa shape index (κ2) is 11.3. The molecule has 234 valence electrons. The summed E-state index contributed by atoms with van der Waals surface area (Å²) in [4.78, 5) is 28.4. The predicted molar refractivity (Wildman–Crippen MR) is 187 cm³/mol. The van der Waals surface area contributed by atoms with Crippen LogP contribution in [0.3, 0.4) is 0 Å². The lowest BCUT2D eigenvalue weighted by atomic mass is 9.89. The van der Waals surface area contributed by atoms with Gasteiger partial charge in [0.1, 0.15) is 11.6 Å². The second-order valence-corrected chi connectivity index (χ2v) is 14.1.